The molecule has 2 heterocycles. The highest BCUT2D eigenvalue weighted by Crippen LogP contribution is 2.28. The number of pyridine rings is 1. The first kappa shape index (κ1) is 17.6. The molecule has 0 aliphatic heterocycles. The number of nitrogens with zero attached hydrogens (tertiary/aromatic N) is 1. The molecule has 6 N–H and O–H groups in total. The molecule has 134 valence electrons. The van der Waals surface area contributed by atoms with Crippen LogP contribution in [-0.2, 0) is 0 Å². The molecular formula is C17H22FN5OS. The van der Waals surface area contributed by atoms with Crippen LogP contribution in [0.3, 0.4) is 0 Å². The summed E-state index contributed by atoms with van der Waals surface area (Å²) in [5, 5.41) is 8.05. The first-order valence-electron chi connectivity index (χ1n) is 8.28. The molecule has 2 atom stereocenters. The summed E-state index contributed by atoms with van der Waals surface area (Å²) in [6.45, 7) is 1.97. The van der Waals surface area contributed by atoms with Crippen LogP contribution < -0.4 is 22.1 Å². The number of aryl methyl sites for hydroxylation is 1. The van der Waals surface area contributed by atoms with Gasteiger partial charge in [-0.25, -0.2) is 9.37 Å². The van der Waals surface area contributed by atoms with Crippen molar-refractivity contribution in [2.75, 3.05) is 10.6 Å². The molecule has 8 heteroatoms. The maximum atomic E-state index is 14.4. The van der Waals surface area contributed by atoms with Gasteiger partial charge in [0.25, 0.3) is 5.91 Å². The summed E-state index contributed by atoms with van der Waals surface area (Å²) in [4.78, 5) is 17.0. The third kappa shape index (κ3) is 4.08. The molecule has 2 aromatic rings. The second kappa shape index (κ2) is 7.37. The standard InChI is InChI=1S/C17H22FN5OS/c1-9-6-10(8-25-9)21-16-11(15(20)24)7-12(18)17(23-16)22-14-5-3-2-4-13(14)19/h6-8,13-14H,2-5,19H2,1H3,(H2,20,24)(H2,21,22,23). The SMILES string of the molecule is Cc1cc(Nc2nc(NC3CCCCC3N)c(F)cc2C(N)=O)cs1. The molecular weight excluding hydrogens is 341 g/mol. The Labute approximate surface area is 149 Å². The van der Waals surface area contributed by atoms with Gasteiger partial charge in [-0.05, 0) is 31.9 Å². The molecule has 3 rings (SSSR count). The van der Waals surface area contributed by atoms with Gasteiger partial charge in [-0.1, -0.05) is 12.8 Å². The van der Waals surface area contributed by atoms with Gasteiger partial charge < -0.3 is 22.1 Å². The van der Waals surface area contributed by atoms with Gasteiger partial charge in [0.05, 0.1) is 11.3 Å². The summed E-state index contributed by atoms with van der Waals surface area (Å²) >= 11 is 1.56. The van der Waals surface area contributed by atoms with Crippen LogP contribution in [0.15, 0.2) is 17.5 Å². The lowest BCUT2D eigenvalue weighted by Crippen LogP contribution is -2.43. The molecule has 1 saturated carbocycles. The highest BCUT2D eigenvalue weighted by Gasteiger charge is 2.24. The minimum atomic E-state index is -0.734. The van der Waals surface area contributed by atoms with E-state index in [1.807, 2.05) is 18.4 Å². The summed E-state index contributed by atoms with van der Waals surface area (Å²) in [6, 6.07) is 2.96. The highest BCUT2D eigenvalue weighted by molar-refractivity contribution is 7.10. The lowest BCUT2D eigenvalue weighted by Gasteiger charge is -2.30. The third-order valence-electron chi connectivity index (χ3n) is 4.38. The zero-order valence-electron chi connectivity index (χ0n) is 14.0. The zero-order chi connectivity index (χ0) is 18.0. The van der Waals surface area contributed by atoms with E-state index in [0.717, 1.165) is 42.3 Å². The Morgan fingerprint density at radius 1 is 1.32 bits per heavy atom. The second-order valence-corrected chi connectivity index (χ2v) is 7.46. The van der Waals surface area contributed by atoms with E-state index in [9.17, 15) is 9.18 Å². The Morgan fingerprint density at radius 3 is 2.72 bits per heavy atom. The number of anilines is 3. The molecule has 1 fully saturated rings. The smallest absolute Gasteiger partial charge is 0.252 e. The van der Waals surface area contributed by atoms with Crippen molar-refractivity contribution in [3.05, 3.63) is 33.8 Å². The van der Waals surface area contributed by atoms with Crippen molar-refractivity contribution in [3.8, 4) is 0 Å². The van der Waals surface area contributed by atoms with Crippen LogP contribution in [-0.4, -0.2) is 23.0 Å². The van der Waals surface area contributed by atoms with Gasteiger partial charge in [0.2, 0.25) is 0 Å². The van der Waals surface area contributed by atoms with Crippen LogP contribution in [0.1, 0.15) is 40.9 Å². The topological polar surface area (TPSA) is 106 Å². The average Bonchev–Trinajstić information content (AvgIpc) is 2.97. The van der Waals surface area contributed by atoms with Crippen LogP contribution in [0.25, 0.3) is 0 Å². The lowest BCUT2D eigenvalue weighted by molar-refractivity contribution is 0.100. The van der Waals surface area contributed by atoms with Gasteiger partial charge in [0, 0.05) is 22.3 Å². The van der Waals surface area contributed by atoms with Crippen LogP contribution in [0.2, 0.25) is 0 Å². The van der Waals surface area contributed by atoms with Crippen LogP contribution in [0.5, 0.6) is 0 Å². The Balaban J connectivity index is 1.90. The predicted molar refractivity (Wildman–Crippen MR) is 98.9 cm³/mol. The monoisotopic (exact) mass is 363 g/mol. The molecule has 1 amide bonds. The van der Waals surface area contributed by atoms with Gasteiger partial charge >= 0.3 is 0 Å². The van der Waals surface area contributed by atoms with E-state index in [2.05, 4.69) is 15.6 Å². The van der Waals surface area contributed by atoms with Crippen molar-refractivity contribution in [2.45, 2.75) is 44.7 Å². The number of hydrogen-bond donors (Lipinski definition) is 4. The summed E-state index contributed by atoms with van der Waals surface area (Å²) in [7, 11) is 0. The number of halogens is 1. The van der Waals surface area contributed by atoms with Crippen molar-refractivity contribution in [1.82, 2.24) is 4.98 Å². The minimum Gasteiger partial charge on any atom is -0.365 e. The number of nitrogens with two attached hydrogens (primary N) is 2. The van der Waals surface area contributed by atoms with Crippen LogP contribution >= 0.6 is 11.3 Å². The highest BCUT2D eigenvalue weighted by atomic mass is 32.1. The number of carbonyl (C=O) groups excluding carboxylic acids is 1. The van der Waals surface area contributed by atoms with Crippen molar-refractivity contribution >= 4 is 34.6 Å². The Hall–Kier alpha value is -2.19. The molecule has 25 heavy (non-hydrogen) atoms. The Kier molecular flexibility index (Phi) is 5.19. The van der Waals surface area contributed by atoms with Crippen molar-refractivity contribution < 1.29 is 9.18 Å². The molecule has 0 saturated heterocycles. The summed E-state index contributed by atoms with van der Waals surface area (Å²) in [5.41, 5.74) is 12.3. The number of primary amides is 1. The van der Waals surface area contributed by atoms with Gasteiger partial charge in [0.15, 0.2) is 11.6 Å². The fourth-order valence-corrected chi connectivity index (χ4v) is 3.67. The number of carbonyl (C=O) groups is 1. The zero-order valence-corrected chi connectivity index (χ0v) is 14.8. The van der Waals surface area contributed by atoms with E-state index in [4.69, 9.17) is 11.5 Å². The predicted octanol–water partition coefficient (Wildman–Crippen LogP) is 3.11. The van der Waals surface area contributed by atoms with E-state index in [0.29, 0.717) is 0 Å². The van der Waals surface area contributed by atoms with E-state index < -0.39 is 11.7 Å². The largest absolute Gasteiger partial charge is 0.365 e. The van der Waals surface area contributed by atoms with Crippen molar-refractivity contribution in [1.29, 1.82) is 0 Å². The van der Waals surface area contributed by atoms with Crippen LogP contribution in [0, 0.1) is 12.7 Å². The molecule has 0 spiro atoms. The molecule has 1 aliphatic rings. The minimum absolute atomic E-state index is 0.0137. The quantitative estimate of drug-likeness (QED) is 0.653. The van der Waals surface area contributed by atoms with Crippen molar-refractivity contribution in [3.63, 3.8) is 0 Å². The normalized spacial score (nSPS) is 20.3. The van der Waals surface area contributed by atoms with Crippen LogP contribution in [0.4, 0.5) is 21.7 Å². The van der Waals surface area contributed by atoms with Crippen molar-refractivity contribution in [2.24, 2.45) is 11.5 Å². The average molecular weight is 363 g/mol. The summed E-state index contributed by atoms with van der Waals surface area (Å²) in [5.74, 6) is -1.03. The molecule has 6 nitrogen and oxygen atoms in total. The number of amides is 1. The van der Waals surface area contributed by atoms with Gasteiger partial charge in [-0.15, -0.1) is 11.3 Å². The second-order valence-electron chi connectivity index (χ2n) is 6.35. The Morgan fingerprint density at radius 2 is 2.08 bits per heavy atom. The van der Waals surface area contributed by atoms with E-state index in [1.165, 1.54) is 0 Å². The number of hydrogen-bond acceptors (Lipinski definition) is 6. The van der Waals surface area contributed by atoms with E-state index in [-0.39, 0.29) is 29.3 Å². The fourth-order valence-electron chi connectivity index (χ4n) is 3.03. The summed E-state index contributed by atoms with van der Waals surface area (Å²) < 4.78 is 14.4. The summed E-state index contributed by atoms with van der Waals surface area (Å²) in [6.07, 6.45) is 3.90. The number of rotatable bonds is 5. The number of thiophene rings is 1. The first-order chi connectivity index (χ1) is 11.9. The molecule has 1 aliphatic carbocycles. The number of nitrogens with one attached hydrogen (secondary N) is 2. The van der Waals surface area contributed by atoms with E-state index >= 15 is 0 Å². The lowest BCUT2D eigenvalue weighted by atomic mass is 9.91. The maximum absolute atomic E-state index is 14.4. The maximum Gasteiger partial charge on any atom is 0.252 e. The molecule has 0 bridgehead atoms. The van der Waals surface area contributed by atoms with Gasteiger partial charge in [0.1, 0.15) is 5.82 Å². The van der Waals surface area contributed by atoms with Gasteiger partial charge in [-0.3, -0.25) is 4.79 Å². The van der Waals surface area contributed by atoms with Gasteiger partial charge in [-0.2, -0.15) is 0 Å². The molecule has 2 unspecified atom stereocenters. The molecule has 0 radical (unpaired) electrons. The Bertz CT molecular complexity index is 778. The first-order valence-corrected chi connectivity index (χ1v) is 9.16. The molecule has 2 aromatic heterocycles. The molecule has 0 aromatic carbocycles. The number of aromatic nitrogens is 1. The third-order valence-corrected chi connectivity index (χ3v) is 5.24. The van der Waals surface area contributed by atoms with E-state index in [1.54, 1.807) is 11.3 Å². The fraction of sp³-hybridized carbons (Fsp3) is 0.412.